The lowest BCUT2D eigenvalue weighted by atomic mass is 10.1. The lowest BCUT2D eigenvalue weighted by Gasteiger charge is -2.23. The van der Waals surface area contributed by atoms with Gasteiger partial charge in [0.2, 0.25) is 5.91 Å². The molecule has 1 aliphatic rings. The van der Waals surface area contributed by atoms with Crippen molar-refractivity contribution in [1.29, 1.82) is 0 Å². The number of carbonyl (C=O) groups excluding carboxylic acids is 1. The van der Waals surface area contributed by atoms with Crippen LogP contribution in [0.5, 0.6) is 0 Å². The second-order valence-corrected chi connectivity index (χ2v) is 4.90. The summed E-state index contributed by atoms with van der Waals surface area (Å²) in [5.74, 6) is -1.46. The number of hydrogen-bond donors (Lipinski definition) is 0. The number of benzene rings is 1. The second-order valence-electron chi connectivity index (χ2n) is 4.90. The predicted molar refractivity (Wildman–Crippen MR) is 65.3 cm³/mol. The smallest absolute Gasteiger partial charge is 0.338 e. The van der Waals surface area contributed by atoms with E-state index >= 15 is 0 Å². The van der Waals surface area contributed by atoms with Gasteiger partial charge in [0.1, 0.15) is 5.82 Å². The van der Waals surface area contributed by atoms with Gasteiger partial charge in [-0.05, 0) is 24.5 Å². The van der Waals surface area contributed by atoms with Crippen LogP contribution in [0.2, 0.25) is 0 Å². The van der Waals surface area contributed by atoms with Gasteiger partial charge in [-0.15, -0.1) is 0 Å². The fraction of sp³-hybridized carbons (Fsp3) is 0.500. The van der Waals surface area contributed by atoms with E-state index in [1.54, 1.807) is 0 Å². The lowest BCUT2D eigenvalue weighted by Crippen LogP contribution is -2.31. The first-order chi connectivity index (χ1) is 9.39. The third-order valence-electron chi connectivity index (χ3n) is 3.42. The zero-order valence-corrected chi connectivity index (χ0v) is 10.8. The summed E-state index contributed by atoms with van der Waals surface area (Å²) in [6.45, 7) is 0.234. The summed E-state index contributed by atoms with van der Waals surface area (Å²) in [7, 11) is 0. The molecule has 0 N–H and O–H groups in total. The molecule has 1 aromatic rings. The molecule has 0 aliphatic carbocycles. The Hall–Kier alpha value is -1.59. The largest absolute Gasteiger partial charge is 0.419 e. The van der Waals surface area contributed by atoms with Crippen molar-refractivity contribution in [2.75, 3.05) is 6.54 Å². The Balaban J connectivity index is 2.29. The number of carbonyl (C=O) groups is 1. The Morgan fingerprint density at radius 1 is 1.15 bits per heavy atom. The number of halogens is 4. The summed E-state index contributed by atoms with van der Waals surface area (Å²) in [5, 5.41) is 0. The van der Waals surface area contributed by atoms with Gasteiger partial charge < -0.3 is 4.90 Å². The average molecular weight is 289 g/mol. The van der Waals surface area contributed by atoms with Crippen molar-refractivity contribution in [3.05, 3.63) is 35.1 Å². The number of hydrogen-bond acceptors (Lipinski definition) is 1. The molecule has 110 valence electrons. The van der Waals surface area contributed by atoms with Gasteiger partial charge in [0, 0.05) is 19.5 Å². The maximum atomic E-state index is 13.5. The van der Waals surface area contributed by atoms with Crippen molar-refractivity contribution in [2.45, 2.75) is 38.4 Å². The van der Waals surface area contributed by atoms with E-state index in [0.717, 1.165) is 25.3 Å². The summed E-state index contributed by atoms with van der Waals surface area (Å²) in [5.41, 5.74) is -1.45. The van der Waals surface area contributed by atoms with Gasteiger partial charge in [0.25, 0.3) is 0 Å². The molecular weight excluding hydrogens is 274 g/mol. The van der Waals surface area contributed by atoms with E-state index in [-0.39, 0.29) is 18.0 Å². The van der Waals surface area contributed by atoms with Crippen LogP contribution in [0.3, 0.4) is 0 Å². The molecule has 0 bridgehead atoms. The lowest BCUT2D eigenvalue weighted by molar-refractivity contribution is -0.142. The van der Waals surface area contributed by atoms with Crippen LogP contribution in [0.15, 0.2) is 18.2 Å². The number of likely N-dealkylation sites (tertiary alicyclic amines) is 1. The highest BCUT2D eigenvalue weighted by atomic mass is 19.4. The molecule has 1 fully saturated rings. The standard InChI is InChI=1S/C14H15F4NO/c15-11-6-4-5-10(13(11)14(16,17)18)9-19-8-3-1-2-7-12(19)20/h4-6H,1-3,7-9H2. The van der Waals surface area contributed by atoms with E-state index in [0.29, 0.717) is 13.0 Å². The maximum Gasteiger partial charge on any atom is 0.419 e. The van der Waals surface area contributed by atoms with Crippen LogP contribution >= 0.6 is 0 Å². The SMILES string of the molecule is O=C1CCCCCN1Cc1cccc(F)c1C(F)(F)F. The number of rotatable bonds is 2. The van der Waals surface area contributed by atoms with Crippen LogP contribution < -0.4 is 0 Å². The molecular formula is C14H15F4NO. The van der Waals surface area contributed by atoms with E-state index in [2.05, 4.69) is 0 Å². The molecule has 0 unspecified atom stereocenters. The van der Waals surface area contributed by atoms with E-state index in [9.17, 15) is 22.4 Å². The predicted octanol–water partition coefficient (Wildman–Crippen LogP) is 3.75. The van der Waals surface area contributed by atoms with E-state index < -0.39 is 17.6 Å². The average Bonchev–Trinajstić information content (AvgIpc) is 2.53. The summed E-state index contributed by atoms with van der Waals surface area (Å²) in [4.78, 5) is 13.2. The minimum absolute atomic E-state index is 0.167. The third kappa shape index (κ3) is 3.29. The number of alkyl halides is 3. The van der Waals surface area contributed by atoms with Crippen LogP contribution in [0.4, 0.5) is 17.6 Å². The highest BCUT2D eigenvalue weighted by molar-refractivity contribution is 5.76. The molecule has 0 atom stereocenters. The summed E-state index contributed by atoms with van der Waals surface area (Å²) < 4.78 is 52.1. The highest BCUT2D eigenvalue weighted by Gasteiger charge is 2.37. The van der Waals surface area contributed by atoms with Crippen LogP contribution in [-0.4, -0.2) is 17.4 Å². The quantitative estimate of drug-likeness (QED) is 0.759. The van der Waals surface area contributed by atoms with E-state index in [1.165, 1.54) is 17.0 Å². The van der Waals surface area contributed by atoms with Crippen molar-refractivity contribution >= 4 is 5.91 Å². The van der Waals surface area contributed by atoms with Gasteiger partial charge in [0.15, 0.2) is 0 Å². The Kier molecular flexibility index (Phi) is 4.30. The molecule has 0 aromatic heterocycles. The van der Waals surface area contributed by atoms with Crippen molar-refractivity contribution in [1.82, 2.24) is 4.90 Å². The van der Waals surface area contributed by atoms with E-state index in [4.69, 9.17) is 0 Å². The Bertz CT molecular complexity index is 498. The molecule has 20 heavy (non-hydrogen) atoms. The van der Waals surface area contributed by atoms with Gasteiger partial charge in [0.05, 0.1) is 5.56 Å². The van der Waals surface area contributed by atoms with Crippen molar-refractivity contribution in [3.63, 3.8) is 0 Å². The molecule has 0 saturated carbocycles. The molecule has 2 nitrogen and oxygen atoms in total. The monoisotopic (exact) mass is 289 g/mol. The normalized spacial score (nSPS) is 17.2. The first-order valence-corrected chi connectivity index (χ1v) is 6.52. The summed E-state index contributed by atoms with van der Waals surface area (Å²) >= 11 is 0. The minimum Gasteiger partial charge on any atom is -0.338 e. The molecule has 1 saturated heterocycles. The Morgan fingerprint density at radius 2 is 1.90 bits per heavy atom. The summed E-state index contributed by atoms with van der Waals surface area (Å²) in [6, 6.07) is 3.25. The van der Waals surface area contributed by atoms with Crippen molar-refractivity contribution in [2.24, 2.45) is 0 Å². The van der Waals surface area contributed by atoms with Crippen molar-refractivity contribution < 1.29 is 22.4 Å². The molecule has 0 spiro atoms. The second kappa shape index (κ2) is 5.81. The summed E-state index contributed by atoms with van der Waals surface area (Å²) in [6.07, 6.45) is -2.00. The zero-order chi connectivity index (χ0) is 14.8. The molecule has 1 heterocycles. The highest BCUT2D eigenvalue weighted by Crippen LogP contribution is 2.34. The molecule has 1 aliphatic heterocycles. The van der Waals surface area contributed by atoms with Gasteiger partial charge in [-0.1, -0.05) is 18.6 Å². The van der Waals surface area contributed by atoms with Gasteiger partial charge in [-0.2, -0.15) is 13.2 Å². The first-order valence-electron chi connectivity index (χ1n) is 6.52. The van der Waals surface area contributed by atoms with Gasteiger partial charge >= 0.3 is 6.18 Å². The third-order valence-corrected chi connectivity index (χ3v) is 3.42. The maximum absolute atomic E-state index is 13.5. The van der Waals surface area contributed by atoms with Gasteiger partial charge in [-0.25, -0.2) is 4.39 Å². The minimum atomic E-state index is -4.75. The van der Waals surface area contributed by atoms with Crippen LogP contribution in [0, 0.1) is 5.82 Å². The zero-order valence-electron chi connectivity index (χ0n) is 10.8. The molecule has 0 radical (unpaired) electrons. The molecule has 6 heteroatoms. The Labute approximate surface area is 114 Å². The molecule has 1 amide bonds. The number of amides is 1. The van der Waals surface area contributed by atoms with Gasteiger partial charge in [-0.3, -0.25) is 4.79 Å². The van der Waals surface area contributed by atoms with Crippen LogP contribution in [-0.2, 0) is 17.5 Å². The topological polar surface area (TPSA) is 20.3 Å². The fourth-order valence-electron chi connectivity index (χ4n) is 2.43. The first kappa shape index (κ1) is 14.8. The molecule has 1 aromatic carbocycles. The van der Waals surface area contributed by atoms with E-state index in [1.807, 2.05) is 0 Å². The van der Waals surface area contributed by atoms with Crippen LogP contribution in [0.25, 0.3) is 0 Å². The van der Waals surface area contributed by atoms with Crippen molar-refractivity contribution in [3.8, 4) is 0 Å². The van der Waals surface area contributed by atoms with Crippen LogP contribution in [0.1, 0.15) is 36.8 Å². The number of nitrogens with zero attached hydrogens (tertiary/aromatic N) is 1. The Morgan fingerprint density at radius 3 is 2.60 bits per heavy atom. The molecule has 2 rings (SSSR count). The fourth-order valence-corrected chi connectivity index (χ4v) is 2.43.